The van der Waals surface area contributed by atoms with Crippen molar-refractivity contribution in [1.29, 1.82) is 0 Å². The molecule has 1 rings (SSSR count). The molecule has 1 heterocycles. The molecule has 1 aliphatic rings. The van der Waals surface area contributed by atoms with Crippen LogP contribution in [-0.2, 0) is 0 Å². The highest BCUT2D eigenvalue weighted by atomic mass is 32.2. The summed E-state index contributed by atoms with van der Waals surface area (Å²) in [5, 5.41) is 0. The third kappa shape index (κ3) is 0.777. The lowest BCUT2D eigenvalue weighted by Crippen LogP contribution is -1.68. The Labute approximate surface area is 42.6 Å². The molecule has 0 aliphatic carbocycles. The van der Waals surface area contributed by atoms with Gasteiger partial charge in [0.15, 0.2) is 0 Å². The number of rotatable bonds is 0. The highest BCUT2D eigenvalue weighted by Gasteiger charge is 2.01. The predicted molar refractivity (Wildman–Crippen MR) is 31.1 cm³/mol. The fraction of sp³-hybridized carbons (Fsp3) is 0.600. The molecule has 1 saturated heterocycles. The second-order valence-corrected chi connectivity index (χ2v) is 2.66. The van der Waals surface area contributed by atoms with E-state index in [0.29, 0.717) is 0 Å². The highest BCUT2D eigenvalue weighted by Crippen LogP contribution is 2.19. The van der Waals surface area contributed by atoms with Gasteiger partial charge in [0.1, 0.15) is 0 Å². The van der Waals surface area contributed by atoms with Crippen molar-refractivity contribution in [3.63, 3.8) is 0 Å². The summed E-state index contributed by atoms with van der Waals surface area (Å²) in [5.41, 5.74) is 1.42. The van der Waals surface area contributed by atoms with Crippen LogP contribution in [0.2, 0.25) is 0 Å². The summed E-state index contributed by atoms with van der Waals surface area (Å²) in [5.74, 6) is 2.51. The molecule has 34 valence electrons. The summed E-state index contributed by atoms with van der Waals surface area (Å²) in [7, 11) is 0. The molecule has 0 aromatic heterocycles. The van der Waals surface area contributed by atoms with Crippen molar-refractivity contribution in [2.45, 2.75) is 6.42 Å². The van der Waals surface area contributed by atoms with Gasteiger partial charge >= 0.3 is 0 Å². The van der Waals surface area contributed by atoms with Gasteiger partial charge < -0.3 is 0 Å². The minimum atomic E-state index is 1.21. The van der Waals surface area contributed by atoms with Crippen LogP contribution in [0, 0.1) is 0 Å². The lowest BCUT2D eigenvalue weighted by atomic mass is 10.3. The summed E-state index contributed by atoms with van der Waals surface area (Å²) in [4.78, 5) is 0. The van der Waals surface area contributed by atoms with E-state index in [4.69, 9.17) is 0 Å². The molecule has 0 unspecified atom stereocenters. The number of hydrogen-bond acceptors (Lipinski definition) is 1. The van der Waals surface area contributed by atoms with Crippen LogP contribution < -0.4 is 0 Å². The summed E-state index contributed by atoms with van der Waals surface area (Å²) in [6.07, 6.45) is 1.25. The summed E-state index contributed by atoms with van der Waals surface area (Å²) in [6.45, 7) is 3.83. The smallest absolute Gasteiger partial charge is 0.0141 e. The zero-order valence-corrected chi connectivity index (χ0v) is 4.55. The Hall–Kier alpha value is 0.0900. The summed E-state index contributed by atoms with van der Waals surface area (Å²) < 4.78 is 0. The van der Waals surface area contributed by atoms with Crippen molar-refractivity contribution in [3.8, 4) is 0 Å². The molecule has 1 heteroatoms. The van der Waals surface area contributed by atoms with Gasteiger partial charge in [0.05, 0.1) is 0 Å². The van der Waals surface area contributed by atoms with Gasteiger partial charge in [0.2, 0.25) is 0 Å². The molecule has 0 radical (unpaired) electrons. The maximum atomic E-state index is 3.83. The van der Waals surface area contributed by atoms with Gasteiger partial charge in [0.25, 0.3) is 0 Å². The second-order valence-electron chi connectivity index (χ2n) is 1.55. The van der Waals surface area contributed by atoms with Crippen LogP contribution in [-0.4, -0.2) is 11.5 Å². The molecule has 0 N–H and O–H groups in total. The summed E-state index contributed by atoms with van der Waals surface area (Å²) >= 11 is 1.98. The van der Waals surface area contributed by atoms with Crippen molar-refractivity contribution in [1.82, 2.24) is 0 Å². The van der Waals surface area contributed by atoms with E-state index in [1.807, 2.05) is 11.8 Å². The van der Waals surface area contributed by atoms with Crippen LogP contribution in [0.1, 0.15) is 6.42 Å². The van der Waals surface area contributed by atoms with Crippen LogP contribution in [0.25, 0.3) is 0 Å². The lowest BCUT2D eigenvalue weighted by Gasteiger charge is -1.78. The quantitative estimate of drug-likeness (QED) is 0.417. The molecule has 0 aromatic rings. The first-order valence-corrected chi connectivity index (χ1v) is 3.29. The highest BCUT2D eigenvalue weighted by molar-refractivity contribution is 7.99. The van der Waals surface area contributed by atoms with E-state index in [1.165, 1.54) is 23.5 Å². The van der Waals surface area contributed by atoms with Gasteiger partial charge in [0, 0.05) is 5.75 Å². The molecule has 0 bridgehead atoms. The molecule has 0 nitrogen and oxygen atoms in total. The molecule has 6 heavy (non-hydrogen) atoms. The molecule has 1 fully saturated rings. The Kier molecular flexibility index (Phi) is 1.20. The molecular weight excluding hydrogens is 92.1 g/mol. The normalized spacial score (nSPS) is 22.3. The van der Waals surface area contributed by atoms with Crippen LogP contribution in [0.4, 0.5) is 0 Å². The largest absolute Gasteiger partial charge is 0.157 e. The molecule has 0 atom stereocenters. The standard InChI is InChI=1S/C5H8S/c1-5-2-3-6-4-5/h1-4H2. The van der Waals surface area contributed by atoms with Gasteiger partial charge in [-0.25, -0.2) is 0 Å². The van der Waals surface area contributed by atoms with Crippen LogP contribution in [0.15, 0.2) is 12.2 Å². The van der Waals surface area contributed by atoms with E-state index in [9.17, 15) is 0 Å². The average molecular weight is 100 g/mol. The van der Waals surface area contributed by atoms with Gasteiger partial charge in [-0.1, -0.05) is 12.2 Å². The average Bonchev–Trinajstić information content (AvgIpc) is 1.86. The van der Waals surface area contributed by atoms with Crippen LogP contribution >= 0.6 is 11.8 Å². The third-order valence-electron chi connectivity index (χ3n) is 0.906. The first-order valence-electron chi connectivity index (χ1n) is 2.14. The van der Waals surface area contributed by atoms with Crippen LogP contribution in [0.5, 0.6) is 0 Å². The zero-order valence-electron chi connectivity index (χ0n) is 3.74. The fourth-order valence-corrected chi connectivity index (χ4v) is 1.52. The van der Waals surface area contributed by atoms with E-state index >= 15 is 0 Å². The van der Waals surface area contributed by atoms with E-state index in [2.05, 4.69) is 6.58 Å². The minimum absolute atomic E-state index is 1.21. The van der Waals surface area contributed by atoms with Crippen LogP contribution in [0.3, 0.4) is 0 Å². The Morgan fingerprint density at radius 2 is 2.50 bits per heavy atom. The van der Waals surface area contributed by atoms with Gasteiger partial charge in [-0.2, -0.15) is 11.8 Å². The maximum Gasteiger partial charge on any atom is 0.0141 e. The van der Waals surface area contributed by atoms with Gasteiger partial charge in [-0.05, 0) is 12.2 Å². The van der Waals surface area contributed by atoms with Gasteiger partial charge in [-0.15, -0.1) is 0 Å². The van der Waals surface area contributed by atoms with E-state index in [1.54, 1.807) is 0 Å². The van der Waals surface area contributed by atoms with Crippen molar-refractivity contribution < 1.29 is 0 Å². The Balaban J connectivity index is 2.37. The maximum absolute atomic E-state index is 3.83. The topological polar surface area (TPSA) is 0 Å². The molecular formula is C5H8S. The zero-order chi connectivity index (χ0) is 4.41. The predicted octanol–water partition coefficient (Wildman–Crippen LogP) is 1.68. The van der Waals surface area contributed by atoms with Crippen molar-refractivity contribution >= 4 is 11.8 Å². The fourth-order valence-electron chi connectivity index (χ4n) is 0.505. The van der Waals surface area contributed by atoms with Crippen molar-refractivity contribution in [2.24, 2.45) is 0 Å². The first-order chi connectivity index (χ1) is 2.89. The van der Waals surface area contributed by atoms with Crippen molar-refractivity contribution in [3.05, 3.63) is 12.2 Å². The third-order valence-corrected chi connectivity index (χ3v) is 2.01. The second kappa shape index (κ2) is 1.69. The van der Waals surface area contributed by atoms with E-state index in [0.717, 1.165) is 0 Å². The molecule has 0 spiro atoms. The number of thioether (sulfide) groups is 1. The molecule has 0 saturated carbocycles. The van der Waals surface area contributed by atoms with Gasteiger partial charge in [-0.3, -0.25) is 0 Å². The number of hydrogen-bond donors (Lipinski definition) is 0. The minimum Gasteiger partial charge on any atom is -0.157 e. The molecule has 0 aromatic carbocycles. The first kappa shape index (κ1) is 4.25. The van der Waals surface area contributed by atoms with E-state index < -0.39 is 0 Å². The van der Waals surface area contributed by atoms with Crippen molar-refractivity contribution in [2.75, 3.05) is 11.5 Å². The summed E-state index contributed by atoms with van der Waals surface area (Å²) in [6, 6.07) is 0. The monoisotopic (exact) mass is 100 g/mol. The van der Waals surface area contributed by atoms with E-state index in [-0.39, 0.29) is 0 Å². The molecule has 0 amide bonds. The SMILES string of the molecule is C=C1CCSC1. The lowest BCUT2D eigenvalue weighted by molar-refractivity contribution is 1.18. The Morgan fingerprint density at radius 3 is 2.67 bits per heavy atom. The molecule has 1 aliphatic heterocycles. The Bertz CT molecular complexity index is 58.3. The Morgan fingerprint density at radius 1 is 1.67 bits per heavy atom.